The number of nitrogens with one attached hydrogen (secondary N) is 1. The van der Waals surface area contributed by atoms with Crippen molar-refractivity contribution in [1.29, 1.82) is 0 Å². The van der Waals surface area contributed by atoms with Gasteiger partial charge >= 0.3 is 0 Å². The van der Waals surface area contributed by atoms with Gasteiger partial charge in [-0.15, -0.1) is 11.3 Å². The molecular formula is C13H15N3O2S. The lowest BCUT2D eigenvalue weighted by Crippen LogP contribution is -2.15. The number of amides is 1. The Bertz CT molecular complexity index is 595. The van der Waals surface area contributed by atoms with E-state index in [-0.39, 0.29) is 12.3 Å². The van der Waals surface area contributed by atoms with Gasteiger partial charge in [-0.3, -0.25) is 4.79 Å². The molecule has 1 aromatic carbocycles. The number of anilines is 2. The summed E-state index contributed by atoms with van der Waals surface area (Å²) in [4.78, 5) is 15.9. The van der Waals surface area contributed by atoms with Gasteiger partial charge in [0.25, 0.3) is 0 Å². The summed E-state index contributed by atoms with van der Waals surface area (Å²) in [5, 5.41) is 5.11. The van der Waals surface area contributed by atoms with Crippen molar-refractivity contribution >= 4 is 28.1 Å². The molecule has 0 aliphatic rings. The molecule has 100 valence electrons. The number of hydrogen-bond acceptors (Lipinski definition) is 5. The number of nitrogens with two attached hydrogens (primary N) is 1. The molecule has 0 fully saturated rings. The zero-order valence-corrected chi connectivity index (χ0v) is 11.6. The Morgan fingerprint density at radius 2 is 2.32 bits per heavy atom. The van der Waals surface area contributed by atoms with E-state index in [0.29, 0.717) is 10.8 Å². The van der Waals surface area contributed by atoms with Crippen LogP contribution < -0.4 is 15.8 Å². The number of ether oxygens (including phenoxy) is 1. The number of methoxy groups -OCH3 is 1. The molecule has 0 spiro atoms. The highest BCUT2D eigenvalue weighted by molar-refractivity contribution is 7.13. The molecule has 0 aliphatic carbocycles. The first-order valence-electron chi connectivity index (χ1n) is 5.73. The Labute approximate surface area is 115 Å². The molecule has 1 aromatic heterocycles. The number of rotatable bonds is 4. The van der Waals surface area contributed by atoms with Crippen LogP contribution in [-0.4, -0.2) is 18.0 Å². The van der Waals surface area contributed by atoms with Crippen LogP contribution in [0, 0.1) is 6.92 Å². The second kappa shape index (κ2) is 5.71. The summed E-state index contributed by atoms with van der Waals surface area (Å²) in [5.41, 5.74) is 7.93. The minimum Gasteiger partial charge on any atom is -0.497 e. The maximum absolute atomic E-state index is 11.9. The van der Waals surface area contributed by atoms with Crippen LogP contribution >= 0.6 is 11.3 Å². The number of nitrogens with zero attached hydrogens (tertiary/aromatic N) is 1. The summed E-state index contributed by atoms with van der Waals surface area (Å²) < 4.78 is 5.12. The van der Waals surface area contributed by atoms with Crippen molar-refractivity contribution in [2.24, 2.45) is 0 Å². The maximum atomic E-state index is 11.9. The van der Waals surface area contributed by atoms with Gasteiger partial charge in [0, 0.05) is 11.1 Å². The summed E-state index contributed by atoms with van der Waals surface area (Å²) in [5.74, 6) is 0.654. The zero-order chi connectivity index (χ0) is 13.8. The topological polar surface area (TPSA) is 77.2 Å². The highest BCUT2D eigenvalue weighted by Crippen LogP contribution is 2.21. The summed E-state index contributed by atoms with van der Waals surface area (Å²) in [6.07, 6.45) is 0.221. The van der Waals surface area contributed by atoms with Crippen LogP contribution in [0.3, 0.4) is 0 Å². The van der Waals surface area contributed by atoms with Gasteiger partial charge < -0.3 is 15.8 Å². The molecular weight excluding hydrogens is 262 g/mol. The highest BCUT2D eigenvalue weighted by atomic mass is 32.1. The standard InChI is InChI=1S/C13H15N3O2S/c1-8-5-10(18-2)3-4-11(8)16-12(17)6-9-7-19-13(14)15-9/h3-5,7H,6H2,1-2H3,(H2,14,15)(H,16,17). The number of carbonyl (C=O) groups excluding carboxylic acids is 1. The molecule has 0 saturated carbocycles. The molecule has 0 radical (unpaired) electrons. The van der Waals surface area contributed by atoms with Crippen LogP contribution in [0.4, 0.5) is 10.8 Å². The van der Waals surface area contributed by atoms with E-state index in [2.05, 4.69) is 10.3 Å². The lowest BCUT2D eigenvalue weighted by atomic mass is 10.2. The summed E-state index contributed by atoms with van der Waals surface area (Å²) in [7, 11) is 1.61. The molecule has 0 aliphatic heterocycles. The molecule has 19 heavy (non-hydrogen) atoms. The van der Waals surface area contributed by atoms with E-state index < -0.39 is 0 Å². The number of benzene rings is 1. The van der Waals surface area contributed by atoms with Gasteiger partial charge in [-0.1, -0.05) is 0 Å². The Balaban J connectivity index is 2.02. The largest absolute Gasteiger partial charge is 0.497 e. The van der Waals surface area contributed by atoms with Gasteiger partial charge in [0.15, 0.2) is 5.13 Å². The van der Waals surface area contributed by atoms with Gasteiger partial charge in [0.05, 0.1) is 19.2 Å². The quantitative estimate of drug-likeness (QED) is 0.898. The van der Waals surface area contributed by atoms with E-state index in [1.54, 1.807) is 12.5 Å². The van der Waals surface area contributed by atoms with Crippen molar-refractivity contribution in [3.05, 3.63) is 34.8 Å². The molecule has 2 aromatic rings. The van der Waals surface area contributed by atoms with Gasteiger partial charge in [-0.2, -0.15) is 0 Å². The molecule has 1 heterocycles. The molecule has 2 rings (SSSR count). The monoisotopic (exact) mass is 277 g/mol. The third-order valence-corrected chi connectivity index (χ3v) is 3.34. The minimum atomic E-state index is -0.112. The van der Waals surface area contributed by atoms with Crippen molar-refractivity contribution in [1.82, 2.24) is 4.98 Å². The maximum Gasteiger partial charge on any atom is 0.230 e. The van der Waals surface area contributed by atoms with Gasteiger partial charge in [0.1, 0.15) is 5.75 Å². The van der Waals surface area contributed by atoms with E-state index in [1.807, 2.05) is 25.1 Å². The average molecular weight is 277 g/mol. The molecule has 3 N–H and O–H groups in total. The fourth-order valence-corrected chi connectivity index (χ4v) is 2.23. The van der Waals surface area contributed by atoms with Crippen LogP contribution in [0.15, 0.2) is 23.6 Å². The number of thiazole rings is 1. The number of aryl methyl sites for hydroxylation is 1. The average Bonchev–Trinajstić information content (AvgIpc) is 2.77. The first-order valence-corrected chi connectivity index (χ1v) is 6.61. The van der Waals surface area contributed by atoms with E-state index in [0.717, 1.165) is 17.0 Å². The van der Waals surface area contributed by atoms with Gasteiger partial charge in [-0.25, -0.2) is 4.98 Å². The minimum absolute atomic E-state index is 0.112. The molecule has 1 amide bonds. The Kier molecular flexibility index (Phi) is 4.01. The van der Waals surface area contributed by atoms with Crippen molar-refractivity contribution < 1.29 is 9.53 Å². The molecule has 0 unspecified atom stereocenters. The number of hydrogen-bond donors (Lipinski definition) is 2. The smallest absolute Gasteiger partial charge is 0.230 e. The fraction of sp³-hybridized carbons (Fsp3) is 0.231. The molecule has 0 atom stereocenters. The predicted molar refractivity (Wildman–Crippen MR) is 76.6 cm³/mol. The Hall–Kier alpha value is -2.08. The normalized spacial score (nSPS) is 10.2. The number of aromatic nitrogens is 1. The SMILES string of the molecule is COc1ccc(NC(=O)Cc2csc(N)n2)c(C)c1. The van der Waals surface area contributed by atoms with Crippen molar-refractivity contribution in [2.75, 3.05) is 18.2 Å². The second-order valence-corrected chi connectivity index (χ2v) is 4.97. The van der Waals surface area contributed by atoms with Crippen LogP contribution in [-0.2, 0) is 11.2 Å². The summed E-state index contributed by atoms with van der Waals surface area (Å²) in [6, 6.07) is 5.50. The highest BCUT2D eigenvalue weighted by Gasteiger charge is 2.09. The Morgan fingerprint density at radius 3 is 2.89 bits per heavy atom. The van der Waals surface area contributed by atoms with E-state index in [9.17, 15) is 4.79 Å². The second-order valence-electron chi connectivity index (χ2n) is 4.08. The van der Waals surface area contributed by atoms with Crippen LogP contribution in [0.25, 0.3) is 0 Å². The lowest BCUT2D eigenvalue weighted by Gasteiger charge is -2.09. The van der Waals surface area contributed by atoms with Crippen molar-refractivity contribution in [3.8, 4) is 5.75 Å². The predicted octanol–water partition coefficient (Wildman–Crippen LogP) is 2.22. The van der Waals surface area contributed by atoms with E-state index in [4.69, 9.17) is 10.5 Å². The van der Waals surface area contributed by atoms with Crippen molar-refractivity contribution in [2.45, 2.75) is 13.3 Å². The van der Waals surface area contributed by atoms with Gasteiger partial charge in [-0.05, 0) is 30.7 Å². The molecule has 0 bridgehead atoms. The molecule has 5 nitrogen and oxygen atoms in total. The third-order valence-electron chi connectivity index (χ3n) is 2.62. The lowest BCUT2D eigenvalue weighted by molar-refractivity contribution is -0.115. The van der Waals surface area contributed by atoms with Crippen LogP contribution in [0.5, 0.6) is 5.75 Å². The van der Waals surface area contributed by atoms with E-state index >= 15 is 0 Å². The summed E-state index contributed by atoms with van der Waals surface area (Å²) in [6.45, 7) is 1.92. The van der Waals surface area contributed by atoms with Gasteiger partial charge in [0.2, 0.25) is 5.91 Å². The van der Waals surface area contributed by atoms with E-state index in [1.165, 1.54) is 11.3 Å². The summed E-state index contributed by atoms with van der Waals surface area (Å²) >= 11 is 1.33. The Morgan fingerprint density at radius 1 is 1.53 bits per heavy atom. The van der Waals surface area contributed by atoms with Crippen LogP contribution in [0.2, 0.25) is 0 Å². The zero-order valence-electron chi connectivity index (χ0n) is 10.8. The number of nitrogen functional groups attached to an aromatic ring is 1. The number of carbonyl (C=O) groups is 1. The van der Waals surface area contributed by atoms with Crippen LogP contribution in [0.1, 0.15) is 11.3 Å². The molecule has 6 heteroatoms. The third kappa shape index (κ3) is 3.45. The molecule has 0 saturated heterocycles. The first kappa shape index (κ1) is 13.4. The fourth-order valence-electron chi connectivity index (χ4n) is 1.67. The van der Waals surface area contributed by atoms with Crippen molar-refractivity contribution in [3.63, 3.8) is 0 Å². The first-order chi connectivity index (χ1) is 9.08.